The molecule has 0 spiro atoms. The smallest absolute Gasteiger partial charge is 0.320 e. The molecule has 1 aromatic heterocycles. The zero-order valence-electron chi connectivity index (χ0n) is 10.4. The van der Waals surface area contributed by atoms with Gasteiger partial charge in [-0.3, -0.25) is 0 Å². The van der Waals surface area contributed by atoms with E-state index >= 15 is 0 Å². The second-order valence-electron chi connectivity index (χ2n) is 4.39. The van der Waals surface area contributed by atoms with Crippen LogP contribution in [0.25, 0.3) is 0 Å². The van der Waals surface area contributed by atoms with Gasteiger partial charge in [-0.15, -0.1) is 0 Å². The molecule has 94 valence electrons. The van der Waals surface area contributed by atoms with Gasteiger partial charge in [-0.25, -0.2) is 4.79 Å². The summed E-state index contributed by atoms with van der Waals surface area (Å²) in [6.07, 6.45) is 0. The monoisotopic (exact) mass is 237 g/mol. The number of urea groups is 1. The summed E-state index contributed by atoms with van der Waals surface area (Å²) in [5.74, 6) is 1.71. The van der Waals surface area contributed by atoms with E-state index in [4.69, 9.17) is 4.42 Å². The van der Waals surface area contributed by atoms with Crippen molar-refractivity contribution >= 4 is 6.03 Å². The average Bonchev–Trinajstić information content (AvgIpc) is 2.75. The minimum atomic E-state index is 0.0700. The molecule has 5 nitrogen and oxygen atoms in total. The molecule has 0 aliphatic carbocycles. The number of aryl methyl sites for hydroxylation is 1. The van der Waals surface area contributed by atoms with Crippen molar-refractivity contribution in [2.24, 2.45) is 0 Å². The fourth-order valence-electron chi connectivity index (χ4n) is 1.97. The molecule has 0 unspecified atom stereocenters. The zero-order valence-corrected chi connectivity index (χ0v) is 10.4. The lowest BCUT2D eigenvalue weighted by atomic mass is 10.3. The van der Waals surface area contributed by atoms with Gasteiger partial charge in [0.1, 0.15) is 11.5 Å². The Balaban J connectivity index is 1.90. The van der Waals surface area contributed by atoms with Crippen LogP contribution in [-0.2, 0) is 6.54 Å². The van der Waals surface area contributed by atoms with Crippen LogP contribution >= 0.6 is 0 Å². The summed E-state index contributed by atoms with van der Waals surface area (Å²) >= 11 is 0. The van der Waals surface area contributed by atoms with E-state index < -0.39 is 0 Å². The Morgan fingerprint density at radius 2 is 2.18 bits per heavy atom. The molecule has 1 aliphatic rings. The van der Waals surface area contributed by atoms with Crippen molar-refractivity contribution in [3.63, 3.8) is 0 Å². The van der Waals surface area contributed by atoms with Crippen LogP contribution < -0.4 is 5.32 Å². The number of hydrogen-bond acceptors (Lipinski definition) is 3. The highest BCUT2D eigenvalue weighted by Gasteiger charge is 2.20. The first-order valence-corrected chi connectivity index (χ1v) is 5.93. The first kappa shape index (κ1) is 12.0. The first-order chi connectivity index (χ1) is 8.16. The van der Waals surface area contributed by atoms with Crippen LogP contribution in [0, 0.1) is 6.92 Å². The van der Waals surface area contributed by atoms with Crippen LogP contribution in [0.15, 0.2) is 16.5 Å². The van der Waals surface area contributed by atoms with E-state index in [0.717, 1.165) is 37.7 Å². The Morgan fingerprint density at radius 3 is 2.76 bits per heavy atom. The average molecular weight is 237 g/mol. The third-order valence-corrected chi connectivity index (χ3v) is 2.90. The van der Waals surface area contributed by atoms with E-state index in [1.54, 1.807) is 4.90 Å². The number of carbonyl (C=O) groups is 1. The van der Waals surface area contributed by atoms with Crippen LogP contribution in [0.3, 0.4) is 0 Å². The van der Waals surface area contributed by atoms with E-state index in [9.17, 15) is 4.79 Å². The Morgan fingerprint density at radius 1 is 1.47 bits per heavy atom. The number of amides is 2. The molecule has 2 heterocycles. The molecule has 1 aromatic rings. The van der Waals surface area contributed by atoms with Crippen molar-refractivity contribution in [2.75, 3.05) is 33.2 Å². The molecule has 0 bridgehead atoms. The second kappa shape index (κ2) is 5.23. The van der Waals surface area contributed by atoms with Gasteiger partial charge >= 0.3 is 6.03 Å². The lowest BCUT2D eigenvalue weighted by molar-refractivity contribution is 0.151. The number of nitrogens with one attached hydrogen (secondary N) is 1. The van der Waals surface area contributed by atoms with Crippen LogP contribution in [0.1, 0.15) is 11.5 Å². The highest BCUT2D eigenvalue weighted by molar-refractivity contribution is 5.74. The number of hydrogen-bond donors (Lipinski definition) is 1. The molecule has 17 heavy (non-hydrogen) atoms. The standard InChI is InChI=1S/C12H19N3O2/c1-10-3-4-11(17-10)9-14(2)12(16)15-7-5-13-6-8-15/h3-4,13H,5-9H2,1-2H3. The Labute approximate surface area is 101 Å². The number of rotatable bonds is 2. The first-order valence-electron chi connectivity index (χ1n) is 5.93. The molecule has 5 heteroatoms. The van der Waals surface area contributed by atoms with Crippen molar-refractivity contribution in [2.45, 2.75) is 13.5 Å². The van der Waals surface area contributed by atoms with Gasteiger partial charge in [-0.2, -0.15) is 0 Å². The van der Waals surface area contributed by atoms with Gasteiger partial charge in [0.25, 0.3) is 0 Å². The molecule has 0 atom stereocenters. The van der Waals surface area contributed by atoms with Crippen molar-refractivity contribution in [3.8, 4) is 0 Å². The zero-order chi connectivity index (χ0) is 12.3. The molecule has 0 aromatic carbocycles. The maximum absolute atomic E-state index is 12.1. The molecule has 2 rings (SSSR count). The fraction of sp³-hybridized carbons (Fsp3) is 0.583. The molecular formula is C12H19N3O2. The minimum Gasteiger partial charge on any atom is -0.464 e. The normalized spacial score (nSPS) is 16.0. The van der Waals surface area contributed by atoms with Gasteiger partial charge in [-0.05, 0) is 19.1 Å². The third kappa shape index (κ3) is 3.00. The van der Waals surface area contributed by atoms with Gasteiger partial charge < -0.3 is 19.5 Å². The molecule has 1 fully saturated rings. The number of carbonyl (C=O) groups excluding carboxylic acids is 1. The summed E-state index contributed by atoms with van der Waals surface area (Å²) in [5.41, 5.74) is 0. The predicted octanol–water partition coefficient (Wildman–Crippen LogP) is 1.05. The van der Waals surface area contributed by atoms with Gasteiger partial charge in [0.2, 0.25) is 0 Å². The van der Waals surface area contributed by atoms with Gasteiger partial charge in [0.15, 0.2) is 0 Å². The van der Waals surface area contributed by atoms with Crippen LogP contribution in [0.4, 0.5) is 4.79 Å². The third-order valence-electron chi connectivity index (χ3n) is 2.90. The molecule has 1 saturated heterocycles. The minimum absolute atomic E-state index is 0.0700. The largest absolute Gasteiger partial charge is 0.464 e. The topological polar surface area (TPSA) is 48.7 Å². The molecule has 0 saturated carbocycles. The van der Waals surface area contributed by atoms with Crippen molar-refractivity contribution in [1.29, 1.82) is 0 Å². The van der Waals surface area contributed by atoms with E-state index in [1.807, 2.05) is 31.0 Å². The Hall–Kier alpha value is -1.49. The quantitative estimate of drug-likeness (QED) is 0.836. The summed E-state index contributed by atoms with van der Waals surface area (Å²) in [4.78, 5) is 15.7. The van der Waals surface area contributed by atoms with Crippen molar-refractivity contribution < 1.29 is 9.21 Å². The second-order valence-corrected chi connectivity index (χ2v) is 4.39. The fourth-order valence-corrected chi connectivity index (χ4v) is 1.97. The lowest BCUT2D eigenvalue weighted by Gasteiger charge is -2.31. The van der Waals surface area contributed by atoms with Crippen LogP contribution in [0.2, 0.25) is 0 Å². The highest BCUT2D eigenvalue weighted by Crippen LogP contribution is 2.10. The Kier molecular flexibility index (Phi) is 3.68. The highest BCUT2D eigenvalue weighted by atomic mass is 16.3. The summed E-state index contributed by atoms with van der Waals surface area (Å²) in [6, 6.07) is 3.90. The molecule has 1 aliphatic heterocycles. The van der Waals surface area contributed by atoms with E-state index in [0.29, 0.717) is 6.54 Å². The maximum Gasteiger partial charge on any atom is 0.320 e. The van der Waals surface area contributed by atoms with Crippen LogP contribution in [-0.4, -0.2) is 49.1 Å². The van der Waals surface area contributed by atoms with Crippen molar-refractivity contribution in [1.82, 2.24) is 15.1 Å². The Bertz CT molecular complexity index is 383. The van der Waals surface area contributed by atoms with Gasteiger partial charge in [-0.1, -0.05) is 0 Å². The molecule has 2 amide bonds. The predicted molar refractivity (Wildman–Crippen MR) is 64.8 cm³/mol. The molecule has 0 radical (unpaired) electrons. The summed E-state index contributed by atoms with van der Waals surface area (Å²) < 4.78 is 5.47. The van der Waals surface area contributed by atoms with Gasteiger partial charge in [0, 0.05) is 33.2 Å². The lowest BCUT2D eigenvalue weighted by Crippen LogP contribution is -2.50. The number of nitrogens with zero attached hydrogens (tertiary/aromatic N) is 2. The number of furan rings is 1. The van der Waals surface area contributed by atoms with Gasteiger partial charge in [0.05, 0.1) is 6.54 Å². The molecule has 1 N–H and O–H groups in total. The van der Waals surface area contributed by atoms with E-state index in [2.05, 4.69) is 5.32 Å². The van der Waals surface area contributed by atoms with E-state index in [1.165, 1.54) is 0 Å². The maximum atomic E-state index is 12.1. The summed E-state index contributed by atoms with van der Waals surface area (Å²) in [5, 5.41) is 3.23. The van der Waals surface area contributed by atoms with E-state index in [-0.39, 0.29) is 6.03 Å². The molecular weight excluding hydrogens is 218 g/mol. The summed E-state index contributed by atoms with van der Waals surface area (Å²) in [7, 11) is 1.81. The number of piperazine rings is 1. The van der Waals surface area contributed by atoms with Crippen molar-refractivity contribution in [3.05, 3.63) is 23.7 Å². The summed E-state index contributed by atoms with van der Waals surface area (Å²) in [6.45, 7) is 5.73. The van der Waals surface area contributed by atoms with Crippen LogP contribution in [0.5, 0.6) is 0 Å². The SMILES string of the molecule is Cc1ccc(CN(C)C(=O)N2CCNCC2)o1.